The number of amides is 1. The summed E-state index contributed by atoms with van der Waals surface area (Å²) in [5.41, 5.74) is 8.34. The quantitative estimate of drug-likeness (QED) is 0.904. The molecule has 24 heavy (non-hydrogen) atoms. The molecular weight excluding hydrogens is 302 g/mol. The molecule has 2 fully saturated rings. The summed E-state index contributed by atoms with van der Waals surface area (Å²) in [6, 6.07) is 9.47. The van der Waals surface area contributed by atoms with E-state index in [4.69, 9.17) is 11.0 Å². The highest BCUT2D eigenvalue weighted by atomic mass is 16.2. The molecule has 1 amide bonds. The summed E-state index contributed by atoms with van der Waals surface area (Å²) >= 11 is 0. The predicted molar refractivity (Wildman–Crippen MR) is 89.2 cm³/mol. The number of hydrogen-bond acceptors (Lipinski definition) is 4. The summed E-state index contributed by atoms with van der Waals surface area (Å²) in [5.74, 6) is 0.932. The lowest BCUT2D eigenvalue weighted by atomic mass is 9.84. The molecular formula is C18H19N5O. The van der Waals surface area contributed by atoms with Crippen molar-refractivity contribution in [1.29, 1.82) is 5.26 Å². The highest BCUT2D eigenvalue weighted by molar-refractivity contribution is 5.93. The fraction of sp³-hybridized carbons (Fsp3) is 0.389. The number of hydrogen-bond donors (Lipinski definition) is 2. The maximum absolute atomic E-state index is 12.6. The molecule has 2 aliphatic carbocycles. The Morgan fingerprint density at radius 2 is 2.04 bits per heavy atom. The van der Waals surface area contributed by atoms with Crippen LogP contribution in [0.4, 0.5) is 5.69 Å². The van der Waals surface area contributed by atoms with Crippen LogP contribution >= 0.6 is 0 Å². The second-order valence-corrected chi connectivity index (χ2v) is 6.76. The molecule has 0 spiro atoms. The van der Waals surface area contributed by atoms with Crippen LogP contribution in [-0.2, 0) is 4.79 Å². The number of nitriles is 1. The molecule has 6 heteroatoms. The third-order valence-corrected chi connectivity index (χ3v) is 5.39. The minimum Gasteiger partial charge on any atom is -0.327 e. The maximum Gasteiger partial charge on any atom is 0.229 e. The van der Waals surface area contributed by atoms with E-state index in [1.165, 1.54) is 12.6 Å². The van der Waals surface area contributed by atoms with Crippen molar-refractivity contribution in [1.82, 2.24) is 9.78 Å². The monoisotopic (exact) mass is 321 g/mol. The third-order valence-electron chi connectivity index (χ3n) is 5.39. The Morgan fingerprint density at radius 3 is 2.67 bits per heavy atom. The van der Waals surface area contributed by atoms with Crippen LogP contribution in [0.1, 0.15) is 24.8 Å². The summed E-state index contributed by atoms with van der Waals surface area (Å²) in [5, 5.41) is 16.0. The number of nitrogens with two attached hydrogens (primary N) is 1. The molecule has 2 aliphatic rings. The number of benzene rings is 1. The lowest BCUT2D eigenvalue weighted by Gasteiger charge is -2.27. The van der Waals surface area contributed by atoms with Crippen LogP contribution in [0.5, 0.6) is 0 Å². The lowest BCUT2D eigenvalue weighted by molar-refractivity contribution is -0.121. The van der Waals surface area contributed by atoms with Crippen LogP contribution < -0.4 is 11.1 Å². The van der Waals surface area contributed by atoms with E-state index >= 15 is 0 Å². The van der Waals surface area contributed by atoms with Gasteiger partial charge in [0.1, 0.15) is 6.07 Å². The summed E-state index contributed by atoms with van der Waals surface area (Å²) in [6.45, 7) is 0. The molecule has 0 saturated heterocycles. The highest BCUT2D eigenvalue weighted by Gasteiger charge is 2.49. The van der Waals surface area contributed by atoms with Gasteiger partial charge in [-0.2, -0.15) is 10.4 Å². The summed E-state index contributed by atoms with van der Waals surface area (Å²) < 4.78 is 1.63. The topological polar surface area (TPSA) is 96.7 Å². The predicted octanol–water partition coefficient (Wildman–Crippen LogP) is 2.06. The Hall–Kier alpha value is -2.65. The molecule has 3 N–H and O–H groups in total. The van der Waals surface area contributed by atoms with Crippen molar-refractivity contribution < 1.29 is 4.79 Å². The van der Waals surface area contributed by atoms with Crippen molar-refractivity contribution in [2.45, 2.75) is 25.3 Å². The zero-order valence-electron chi connectivity index (χ0n) is 13.2. The van der Waals surface area contributed by atoms with Crippen molar-refractivity contribution in [2.75, 3.05) is 5.32 Å². The van der Waals surface area contributed by atoms with Crippen LogP contribution in [0.25, 0.3) is 5.69 Å². The first-order valence-electron chi connectivity index (χ1n) is 8.27. The molecule has 0 aliphatic heterocycles. The van der Waals surface area contributed by atoms with Gasteiger partial charge in [-0.1, -0.05) is 0 Å². The Bertz CT molecular complexity index is 802. The first-order valence-corrected chi connectivity index (χ1v) is 8.27. The normalized spacial score (nSPS) is 27.8. The average Bonchev–Trinajstić information content (AvgIpc) is 3.31. The maximum atomic E-state index is 12.6. The third kappa shape index (κ3) is 2.47. The van der Waals surface area contributed by atoms with E-state index in [9.17, 15) is 4.79 Å². The molecule has 2 bridgehead atoms. The number of carbonyl (C=O) groups excluding carboxylic acids is 1. The second kappa shape index (κ2) is 5.77. The first-order chi connectivity index (χ1) is 11.7. The highest BCUT2D eigenvalue weighted by Crippen LogP contribution is 2.47. The number of rotatable bonds is 3. The molecule has 0 radical (unpaired) electrons. The van der Waals surface area contributed by atoms with Crippen LogP contribution in [0.15, 0.2) is 36.7 Å². The van der Waals surface area contributed by atoms with E-state index in [1.807, 2.05) is 24.3 Å². The minimum absolute atomic E-state index is 0.00324. The SMILES string of the molecule is N#Cc1cnn(-c2ccc(NC(=O)[C@@H]3[C@H]4CC[C@H](C4)[C@@H]3N)cc2)c1. The van der Waals surface area contributed by atoms with Gasteiger partial charge in [0.25, 0.3) is 0 Å². The number of anilines is 1. The Morgan fingerprint density at radius 1 is 1.29 bits per heavy atom. The Labute approximate surface area is 140 Å². The van der Waals surface area contributed by atoms with Gasteiger partial charge in [0.2, 0.25) is 5.91 Å². The number of nitrogens with one attached hydrogen (secondary N) is 1. The van der Waals surface area contributed by atoms with Gasteiger partial charge in [0.05, 0.1) is 23.4 Å². The van der Waals surface area contributed by atoms with Gasteiger partial charge in [0.15, 0.2) is 0 Å². The Balaban J connectivity index is 1.46. The van der Waals surface area contributed by atoms with Crippen LogP contribution in [0.3, 0.4) is 0 Å². The van der Waals surface area contributed by atoms with Gasteiger partial charge in [-0.05, 0) is 55.4 Å². The van der Waals surface area contributed by atoms with Gasteiger partial charge in [-0.25, -0.2) is 4.68 Å². The zero-order valence-corrected chi connectivity index (χ0v) is 13.2. The van der Waals surface area contributed by atoms with E-state index < -0.39 is 0 Å². The van der Waals surface area contributed by atoms with Crippen LogP contribution in [-0.4, -0.2) is 21.7 Å². The van der Waals surface area contributed by atoms with Crippen molar-refractivity contribution in [3.05, 3.63) is 42.2 Å². The molecule has 2 aromatic rings. The van der Waals surface area contributed by atoms with Crippen molar-refractivity contribution in [3.63, 3.8) is 0 Å². The second-order valence-electron chi connectivity index (χ2n) is 6.76. The molecule has 122 valence electrons. The zero-order chi connectivity index (χ0) is 16.7. The molecule has 2 saturated carbocycles. The van der Waals surface area contributed by atoms with Gasteiger partial charge in [-0.15, -0.1) is 0 Å². The van der Waals surface area contributed by atoms with Crippen LogP contribution in [0.2, 0.25) is 0 Å². The number of nitrogens with zero attached hydrogens (tertiary/aromatic N) is 3. The minimum atomic E-state index is -0.0623. The summed E-state index contributed by atoms with van der Waals surface area (Å²) in [4.78, 5) is 12.6. The summed E-state index contributed by atoms with van der Waals surface area (Å²) in [6.07, 6.45) is 6.57. The van der Waals surface area contributed by atoms with Crippen molar-refractivity contribution in [2.24, 2.45) is 23.5 Å². The van der Waals surface area contributed by atoms with Crippen molar-refractivity contribution >= 4 is 11.6 Å². The van der Waals surface area contributed by atoms with Gasteiger partial charge in [-0.3, -0.25) is 4.79 Å². The molecule has 0 unspecified atom stereocenters. The summed E-state index contributed by atoms with van der Waals surface area (Å²) in [7, 11) is 0. The van der Waals surface area contributed by atoms with E-state index in [1.54, 1.807) is 10.9 Å². The molecule has 4 rings (SSSR count). The largest absolute Gasteiger partial charge is 0.327 e. The number of fused-ring (bicyclic) bond motifs is 2. The van der Waals surface area contributed by atoms with Gasteiger partial charge in [0, 0.05) is 17.9 Å². The molecule has 6 nitrogen and oxygen atoms in total. The fourth-order valence-electron chi connectivity index (χ4n) is 4.17. The first kappa shape index (κ1) is 14.9. The number of aromatic nitrogens is 2. The Kier molecular flexibility index (Phi) is 3.58. The molecule has 4 atom stereocenters. The fourth-order valence-corrected chi connectivity index (χ4v) is 4.17. The molecule has 1 aromatic carbocycles. The van der Waals surface area contributed by atoms with Gasteiger partial charge >= 0.3 is 0 Å². The smallest absolute Gasteiger partial charge is 0.229 e. The number of carbonyl (C=O) groups is 1. The van der Waals surface area contributed by atoms with E-state index in [2.05, 4.69) is 16.5 Å². The van der Waals surface area contributed by atoms with Gasteiger partial charge < -0.3 is 11.1 Å². The van der Waals surface area contributed by atoms with E-state index in [0.29, 0.717) is 17.4 Å². The van der Waals surface area contributed by atoms with E-state index in [0.717, 1.165) is 24.2 Å². The molecule has 1 heterocycles. The molecule has 1 aromatic heterocycles. The average molecular weight is 321 g/mol. The lowest BCUT2D eigenvalue weighted by Crippen LogP contribution is -2.42. The van der Waals surface area contributed by atoms with E-state index in [-0.39, 0.29) is 17.9 Å². The standard InChI is InChI=1S/C18H19N5O/c19-8-11-9-21-23(10-11)15-5-3-14(4-6-15)22-18(24)16-12-1-2-13(7-12)17(16)20/h3-6,9-10,12-13,16-17H,1-2,7,20H2,(H,22,24)/t12-,13+,16+,17-/m0/s1. The van der Waals surface area contributed by atoms with Crippen LogP contribution in [0, 0.1) is 29.1 Å². The van der Waals surface area contributed by atoms with Crippen molar-refractivity contribution in [3.8, 4) is 11.8 Å².